The van der Waals surface area contributed by atoms with Crippen LogP contribution in [0.2, 0.25) is 0 Å². The average molecular weight is 457 g/mol. The number of rotatable bonds is 7. The van der Waals surface area contributed by atoms with Crippen molar-refractivity contribution in [2.45, 2.75) is 25.1 Å². The van der Waals surface area contributed by atoms with Gasteiger partial charge in [-0.05, 0) is 38.1 Å². The van der Waals surface area contributed by atoms with E-state index in [2.05, 4.69) is 10.2 Å². The predicted octanol–water partition coefficient (Wildman–Crippen LogP) is 1.85. The summed E-state index contributed by atoms with van der Waals surface area (Å²) in [7, 11) is 3.12. The highest BCUT2D eigenvalue weighted by atomic mass is 19.4. The van der Waals surface area contributed by atoms with Crippen LogP contribution in [0, 0.1) is 0 Å². The van der Waals surface area contributed by atoms with Gasteiger partial charge in [-0.1, -0.05) is 0 Å². The van der Waals surface area contributed by atoms with Crippen LogP contribution in [0.25, 0.3) is 0 Å². The van der Waals surface area contributed by atoms with Gasteiger partial charge in [-0.15, -0.1) is 0 Å². The van der Waals surface area contributed by atoms with Crippen molar-refractivity contribution >= 4 is 17.6 Å². The second-order valence-corrected chi connectivity index (χ2v) is 7.75. The number of methoxy groups -OCH3 is 1. The van der Waals surface area contributed by atoms with Crippen LogP contribution in [0.4, 0.5) is 18.9 Å². The van der Waals surface area contributed by atoms with E-state index in [1.807, 2.05) is 7.05 Å². The molecule has 0 unspecified atom stereocenters. The van der Waals surface area contributed by atoms with E-state index in [1.165, 1.54) is 11.0 Å². The molecule has 32 heavy (non-hydrogen) atoms. The summed E-state index contributed by atoms with van der Waals surface area (Å²) in [6.07, 6.45) is -3.39. The lowest BCUT2D eigenvalue weighted by molar-refractivity contribution is -0.138. The first-order valence-corrected chi connectivity index (χ1v) is 10.2. The summed E-state index contributed by atoms with van der Waals surface area (Å²) < 4.78 is 50.8. The molecule has 0 saturated carbocycles. The molecule has 11 heteroatoms. The summed E-state index contributed by atoms with van der Waals surface area (Å²) in [6, 6.07) is 2.99. The third kappa shape index (κ3) is 5.33. The number of carbonyl (C=O) groups is 2. The lowest BCUT2D eigenvalue weighted by Crippen LogP contribution is -2.35. The summed E-state index contributed by atoms with van der Waals surface area (Å²) in [4.78, 5) is 28.3. The lowest BCUT2D eigenvalue weighted by atomic mass is 10.1. The molecular weight excluding hydrogens is 431 g/mol. The number of aliphatic hydroxyl groups excluding tert-OH is 1. The minimum absolute atomic E-state index is 0.0337. The zero-order chi connectivity index (χ0) is 23.5. The lowest BCUT2D eigenvalue weighted by Gasteiger charge is -2.30. The summed E-state index contributed by atoms with van der Waals surface area (Å²) in [5.41, 5.74) is -1.23. The first-order valence-electron chi connectivity index (χ1n) is 10.2. The Morgan fingerprint density at radius 1 is 1.28 bits per heavy atom. The Bertz CT molecular complexity index is 895. The monoisotopic (exact) mass is 457 g/mol. The Hall–Kier alpha value is -2.79. The highest BCUT2D eigenvalue weighted by molar-refractivity contribution is 6.08. The third-order valence-electron chi connectivity index (χ3n) is 5.48. The summed E-state index contributed by atoms with van der Waals surface area (Å²) in [5, 5.41) is 11.9. The SMILES string of the molecule is COC(=O)C1=C(Nc2cc(C(F)(F)F)ccc2OC2CCN(C)CC2)C(=O)N(CCO)C1. The fourth-order valence-corrected chi connectivity index (χ4v) is 3.67. The van der Waals surface area contributed by atoms with Crippen LogP contribution >= 0.6 is 0 Å². The quantitative estimate of drug-likeness (QED) is 0.604. The molecule has 0 aliphatic carbocycles. The van der Waals surface area contributed by atoms with E-state index in [-0.39, 0.29) is 48.5 Å². The van der Waals surface area contributed by atoms with Crippen molar-refractivity contribution in [3.8, 4) is 5.75 Å². The van der Waals surface area contributed by atoms with Crippen molar-refractivity contribution in [1.82, 2.24) is 9.80 Å². The van der Waals surface area contributed by atoms with Crippen molar-refractivity contribution in [3.63, 3.8) is 0 Å². The number of piperidine rings is 1. The van der Waals surface area contributed by atoms with Crippen LogP contribution in [-0.4, -0.2) is 79.8 Å². The van der Waals surface area contributed by atoms with E-state index in [0.29, 0.717) is 12.8 Å². The molecule has 1 aromatic rings. The van der Waals surface area contributed by atoms with Gasteiger partial charge in [0.1, 0.15) is 17.6 Å². The third-order valence-corrected chi connectivity index (χ3v) is 5.48. The Labute approximate surface area is 183 Å². The van der Waals surface area contributed by atoms with Crippen molar-refractivity contribution in [3.05, 3.63) is 35.0 Å². The molecule has 1 aromatic carbocycles. The number of likely N-dealkylation sites (tertiary alicyclic amines) is 1. The largest absolute Gasteiger partial charge is 0.488 e. The smallest absolute Gasteiger partial charge is 0.416 e. The number of esters is 1. The minimum Gasteiger partial charge on any atom is -0.488 e. The van der Waals surface area contributed by atoms with Gasteiger partial charge < -0.3 is 29.7 Å². The minimum atomic E-state index is -4.61. The van der Waals surface area contributed by atoms with Crippen LogP contribution in [0.15, 0.2) is 29.5 Å². The molecule has 1 saturated heterocycles. The Morgan fingerprint density at radius 3 is 2.56 bits per heavy atom. The van der Waals surface area contributed by atoms with Gasteiger partial charge in [0.05, 0.1) is 37.1 Å². The number of nitrogens with zero attached hydrogens (tertiary/aromatic N) is 2. The van der Waals surface area contributed by atoms with Gasteiger partial charge in [0.2, 0.25) is 0 Å². The number of alkyl halides is 3. The van der Waals surface area contributed by atoms with E-state index in [4.69, 9.17) is 9.47 Å². The van der Waals surface area contributed by atoms with E-state index in [0.717, 1.165) is 32.3 Å². The highest BCUT2D eigenvalue weighted by Crippen LogP contribution is 2.37. The molecule has 2 aliphatic rings. The van der Waals surface area contributed by atoms with Gasteiger partial charge in [0.25, 0.3) is 5.91 Å². The van der Waals surface area contributed by atoms with Gasteiger partial charge in [-0.2, -0.15) is 13.2 Å². The molecule has 0 aromatic heterocycles. The highest BCUT2D eigenvalue weighted by Gasteiger charge is 2.36. The number of carbonyl (C=O) groups excluding carboxylic acids is 2. The summed E-state index contributed by atoms with van der Waals surface area (Å²) in [6.45, 7) is 1.09. The van der Waals surface area contributed by atoms with Gasteiger partial charge >= 0.3 is 12.1 Å². The predicted molar refractivity (Wildman–Crippen MR) is 109 cm³/mol. The molecule has 0 radical (unpaired) electrons. The second kappa shape index (κ2) is 9.78. The molecule has 3 rings (SSSR count). The maximum Gasteiger partial charge on any atom is 0.416 e. The Balaban J connectivity index is 1.96. The van der Waals surface area contributed by atoms with E-state index >= 15 is 0 Å². The van der Waals surface area contributed by atoms with E-state index in [9.17, 15) is 27.9 Å². The number of nitrogens with one attached hydrogen (secondary N) is 1. The van der Waals surface area contributed by atoms with Crippen molar-refractivity contribution < 1.29 is 37.3 Å². The number of hydrogen-bond acceptors (Lipinski definition) is 7. The molecule has 2 aliphatic heterocycles. The van der Waals surface area contributed by atoms with Gasteiger partial charge in [-0.25, -0.2) is 4.79 Å². The molecular formula is C21H26F3N3O5. The van der Waals surface area contributed by atoms with Gasteiger partial charge in [0, 0.05) is 19.6 Å². The van der Waals surface area contributed by atoms with Crippen LogP contribution in [0.3, 0.4) is 0 Å². The van der Waals surface area contributed by atoms with E-state index < -0.39 is 23.6 Å². The van der Waals surface area contributed by atoms with Crippen molar-refractivity contribution in [2.75, 3.05) is 52.3 Å². The maximum atomic E-state index is 13.4. The molecule has 2 heterocycles. The molecule has 8 nitrogen and oxygen atoms in total. The normalized spacial score (nSPS) is 18.3. The zero-order valence-electron chi connectivity index (χ0n) is 17.9. The van der Waals surface area contributed by atoms with Crippen LogP contribution in [-0.2, 0) is 20.5 Å². The van der Waals surface area contributed by atoms with E-state index in [1.54, 1.807) is 0 Å². The van der Waals surface area contributed by atoms with Crippen LogP contribution in [0.5, 0.6) is 5.75 Å². The van der Waals surface area contributed by atoms with Gasteiger partial charge in [-0.3, -0.25) is 4.79 Å². The van der Waals surface area contributed by atoms with Gasteiger partial charge in [0.15, 0.2) is 0 Å². The molecule has 176 valence electrons. The first kappa shape index (κ1) is 23.9. The van der Waals surface area contributed by atoms with Crippen LogP contribution in [0.1, 0.15) is 18.4 Å². The summed E-state index contributed by atoms with van der Waals surface area (Å²) in [5.74, 6) is -1.26. The molecule has 0 spiro atoms. The Morgan fingerprint density at radius 2 is 1.97 bits per heavy atom. The number of benzene rings is 1. The number of anilines is 1. The fourth-order valence-electron chi connectivity index (χ4n) is 3.67. The van der Waals surface area contributed by atoms with Crippen molar-refractivity contribution in [1.29, 1.82) is 0 Å². The number of β-amino-alcohol motifs (C(OH)–C–C–N with tert-alkyl or cyclic N) is 1. The standard InChI is InChI=1S/C21H26F3N3O5/c1-26-7-5-14(6-8-26)32-17-4-3-13(21(22,23)24)11-16(17)25-18-15(20(30)31-2)12-27(9-10-28)19(18)29/h3-4,11,14,25,28H,5-10,12H2,1-2H3. The molecule has 0 bridgehead atoms. The van der Waals surface area contributed by atoms with Crippen molar-refractivity contribution in [2.24, 2.45) is 0 Å². The number of ether oxygens (including phenoxy) is 2. The maximum absolute atomic E-state index is 13.4. The first-order chi connectivity index (χ1) is 15.1. The summed E-state index contributed by atoms with van der Waals surface area (Å²) >= 11 is 0. The molecule has 0 atom stereocenters. The number of halogens is 3. The van der Waals surface area contributed by atoms with Crippen LogP contribution < -0.4 is 10.1 Å². The second-order valence-electron chi connectivity index (χ2n) is 7.75. The number of aliphatic hydroxyl groups is 1. The zero-order valence-corrected chi connectivity index (χ0v) is 17.9. The average Bonchev–Trinajstić information content (AvgIpc) is 3.05. The Kier molecular flexibility index (Phi) is 7.29. The molecule has 2 N–H and O–H groups in total. The fraction of sp³-hybridized carbons (Fsp3) is 0.524. The molecule has 1 fully saturated rings. The number of amides is 1. The topological polar surface area (TPSA) is 91.3 Å². The number of hydrogen-bond donors (Lipinski definition) is 2. The molecule has 1 amide bonds.